The highest BCUT2D eigenvalue weighted by Gasteiger charge is 2.12. The maximum absolute atomic E-state index is 12.5. The van der Waals surface area contributed by atoms with Crippen LogP contribution in [0.15, 0.2) is 29.3 Å². The highest BCUT2D eigenvalue weighted by molar-refractivity contribution is 5.77. The average molecular weight is 998 g/mol. The summed E-state index contributed by atoms with van der Waals surface area (Å²) in [5.41, 5.74) is 2.25. The standard InChI is InChI=1S/C37H71N5O2.C22H41N3O.CH4/c1-3-5-7-9-11-13-15-17-19-21-23-28-39-36(43)26-31-42(30-25-35-33-38-34-41-35)32-27-37(44)40-29-24-22-20-18-16-14-12-10-8-6-4-2;1-2-3-4-5-6-7-8-9-10-11-12-17-25-22(26)16-20-23-19-15-21-14-13-18-24-21;/h33-34H,3-32H2,1-2H3,(H,38,41)(H,39,43)(H,40,44);14,18,23H,2-13,15-17,19-20H2,1H3,(H,25,26);1H4. The van der Waals surface area contributed by atoms with E-state index in [0.717, 1.165) is 83.5 Å². The van der Waals surface area contributed by atoms with Gasteiger partial charge in [0.15, 0.2) is 0 Å². The lowest BCUT2D eigenvalue weighted by molar-refractivity contribution is -0.122. The Kier molecular flexibility index (Phi) is 52.4. The molecule has 11 heteroatoms. The molecule has 414 valence electrons. The summed E-state index contributed by atoms with van der Waals surface area (Å²) in [7, 11) is 0. The Bertz CT molecular complexity index is 1310. The summed E-state index contributed by atoms with van der Waals surface area (Å²) in [4.78, 5) is 50.6. The minimum atomic E-state index is 0. The molecule has 11 nitrogen and oxygen atoms in total. The molecule has 2 heterocycles. The van der Waals surface area contributed by atoms with Crippen molar-refractivity contribution in [1.82, 2.24) is 36.1 Å². The van der Waals surface area contributed by atoms with Crippen LogP contribution in [0.4, 0.5) is 0 Å². The zero-order valence-electron chi connectivity index (χ0n) is 46.1. The first-order valence-electron chi connectivity index (χ1n) is 29.9. The maximum Gasteiger partial charge on any atom is 0.221 e. The Morgan fingerprint density at radius 2 is 0.859 bits per heavy atom. The van der Waals surface area contributed by atoms with Crippen LogP contribution in [0.3, 0.4) is 0 Å². The fourth-order valence-electron chi connectivity index (χ4n) is 8.99. The van der Waals surface area contributed by atoms with Gasteiger partial charge >= 0.3 is 0 Å². The number of aromatic nitrogens is 2. The first-order valence-corrected chi connectivity index (χ1v) is 29.9. The number of imidazole rings is 1. The van der Waals surface area contributed by atoms with Crippen LogP contribution in [0, 0.1) is 0 Å². The molecule has 1 aliphatic rings. The lowest BCUT2D eigenvalue weighted by Gasteiger charge is -2.21. The molecule has 0 saturated carbocycles. The number of unbranched alkanes of at least 4 members (excludes halogenated alkanes) is 30. The van der Waals surface area contributed by atoms with Gasteiger partial charge in [-0.05, 0) is 19.3 Å². The topological polar surface area (TPSA) is 144 Å². The molecule has 0 unspecified atom stereocenters. The van der Waals surface area contributed by atoms with Crippen LogP contribution in [0.5, 0.6) is 0 Å². The Morgan fingerprint density at radius 3 is 1.21 bits per heavy atom. The first kappa shape index (κ1) is 68.0. The van der Waals surface area contributed by atoms with Gasteiger partial charge in [-0.3, -0.25) is 19.4 Å². The van der Waals surface area contributed by atoms with E-state index in [1.54, 1.807) is 6.33 Å². The molecule has 3 amide bonds. The summed E-state index contributed by atoms with van der Waals surface area (Å²) in [6, 6.07) is 0. The van der Waals surface area contributed by atoms with Gasteiger partial charge in [-0.25, -0.2) is 4.98 Å². The molecular formula is C60H116N8O3. The van der Waals surface area contributed by atoms with E-state index in [0.29, 0.717) is 32.4 Å². The molecule has 0 atom stereocenters. The second-order valence-corrected chi connectivity index (χ2v) is 20.3. The minimum Gasteiger partial charge on any atom is -0.356 e. The summed E-state index contributed by atoms with van der Waals surface area (Å²) in [5.74, 6) is 0.400. The predicted molar refractivity (Wildman–Crippen MR) is 306 cm³/mol. The van der Waals surface area contributed by atoms with Crippen molar-refractivity contribution in [1.29, 1.82) is 0 Å². The fourth-order valence-corrected chi connectivity index (χ4v) is 8.99. The number of carbonyl (C=O) groups excluding carboxylic acids is 3. The summed E-state index contributed by atoms with van der Waals surface area (Å²) in [6.45, 7) is 13.0. The Morgan fingerprint density at radius 1 is 0.479 bits per heavy atom. The number of H-pyrrole nitrogens is 1. The molecule has 5 N–H and O–H groups in total. The van der Waals surface area contributed by atoms with Gasteiger partial charge in [-0.15, -0.1) is 0 Å². The molecule has 0 radical (unpaired) electrons. The van der Waals surface area contributed by atoms with Crippen LogP contribution in [-0.2, 0) is 20.8 Å². The van der Waals surface area contributed by atoms with Crippen molar-refractivity contribution in [3.63, 3.8) is 0 Å². The van der Waals surface area contributed by atoms with Crippen LogP contribution in [-0.4, -0.2) is 91.2 Å². The van der Waals surface area contributed by atoms with Crippen LogP contribution >= 0.6 is 0 Å². The molecule has 1 aromatic rings. The zero-order valence-corrected chi connectivity index (χ0v) is 46.1. The van der Waals surface area contributed by atoms with Crippen LogP contribution in [0.1, 0.15) is 278 Å². The average Bonchev–Trinajstić information content (AvgIpc) is 4.10. The molecule has 0 bridgehead atoms. The number of nitrogens with one attached hydrogen (secondary N) is 5. The van der Waals surface area contributed by atoms with E-state index in [2.05, 4.69) is 68.0 Å². The molecule has 0 saturated heterocycles. The predicted octanol–water partition coefficient (Wildman–Crippen LogP) is 14.7. The van der Waals surface area contributed by atoms with Gasteiger partial charge in [0.1, 0.15) is 0 Å². The lowest BCUT2D eigenvalue weighted by atomic mass is 10.1. The van der Waals surface area contributed by atoms with Gasteiger partial charge < -0.3 is 31.2 Å². The number of allylic oxidation sites excluding steroid dienone is 1. The highest BCUT2D eigenvalue weighted by atomic mass is 16.2. The monoisotopic (exact) mass is 997 g/mol. The zero-order chi connectivity index (χ0) is 50.5. The number of aromatic amines is 1. The van der Waals surface area contributed by atoms with Crippen molar-refractivity contribution in [2.75, 3.05) is 52.4 Å². The summed E-state index contributed by atoms with van der Waals surface area (Å²) in [6.07, 6.45) is 55.6. The molecule has 0 aliphatic carbocycles. The molecule has 1 aromatic heterocycles. The normalized spacial score (nSPS) is 11.9. The third-order valence-corrected chi connectivity index (χ3v) is 13.7. The van der Waals surface area contributed by atoms with E-state index < -0.39 is 0 Å². The number of nitrogens with zero attached hydrogens (tertiary/aromatic N) is 3. The van der Waals surface area contributed by atoms with E-state index in [1.807, 2.05) is 12.4 Å². The van der Waals surface area contributed by atoms with Gasteiger partial charge in [0, 0.05) is 115 Å². The molecular weight excluding hydrogens is 881 g/mol. The highest BCUT2D eigenvalue weighted by Crippen LogP contribution is 2.14. The smallest absolute Gasteiger partial charge is 0.221 e. The Hall–Kier alpha value is -3.05. The largest absolute Gasteiger partial charge is 0.356 e. The quantitative estimate of drug-likeness (QED) is 0.0411. The van der Waals surface area contributed by atoms with E-state index in [-0.39, 0.29) is 25.1 Å². The fraction of sp³-hybridized carbons (Fsp3) is 0.850. The third kappa shape index (κ3) is 49.0. The van der Waals surface area contributed by atoms with Gasteiger partial charge in [-0.2, -0.15) is 0 Å². The molecule has 1 aliphatic heterocycles. The van der Waals surface area contributed by atoms with Crippen molar-refractivity contribution in [3.05, 3.63) is 30.0 Å². The van der Waals surface area contributed by atoms with Crippen molar-refractivity contribution >= 4 is 23.9 Å². The minimum absolute atomic E-state index is 0. The summed E-state index contributed by atoms with van der Waals surface area (Å²) < 4.78 is 0. The van der Waals surface area contributed by atoms with Gasteiger partial charge in [-0.1, -0.05) is 227 Å². The van der Waals surface area contributed by atoms with Gasteiger partial charge in [0.25, 0.3) is 0 Å². The molecule has 0 aromatic carbocycles. The van der Waals surface area contributed by atoms with Crippen molar-refractivity contribution in [2.45, 2.75) is 279 Å². The van der Waals surface area contributed by atoms with E-state index in [4.69, 9.17) is 0 Å². The number of hydrogen-bond acceptors (Lipinski definition) is 7. The number of rotatable bonds is 51. The molecule has 0 spiro atoms. The number of amides is 3. The van der Waals surface area contributed by atoms with Crippen LogP contribution in [0.2, 0.25) is 0 Å². The lowest BCUT2D eigenvalue weighted by Crippen LogP contribution is -2.35. The van der Waals surface area contributed by atoms with Crippen molar-refractivity contribution in [2.24, 2.45) is 4.99 Å². The Labute approximate surface area is 438 Å². The second-order valence-electron chi connectivity index (χ2n) is 20.3. The van der Waals surface area contributed by atoms with Gasteiger partial charge in [0.2, 0.25) is 17.7 Å². The van der Waals surface area contributed by atoms with Crippen LogP contribution in [0.25, 0.3) is 0 Å². The third-order valence-electron chi connectivity index (χ3n) is 13.7. The second kappa shape index (κ2) is 54.7. The Balaban J connectivity index is 0.00000155. The SMILES string of the molecule is C.CCCCCCCCCCCCCNC(=O)CCN(CCC(=O)NCCCCCCCCCCCCC)CCc1cnc[nH]1.CCCCCCCCCCCCCNC(=O)CCNCCC1=CCC=N1. The summed E-state index contributed by atoms with van der Waals surface area (Å²) >= 11 is 0. The number of carbonyl (C=O) groups is 3. The van der Waals surface area contributed by atoms with Crippen molar-refractivity contribution < 1.29 is 14.4 Å². The van der Waals surface area contributed by atoms with Crippen molar-refractivity contribution in [3.8, 4) is 0 Å². The number of aliphatic imine (C=N–C) groups is 1. The molecule has 2 rings (SSSR count). The first-order chi connectivity index (χ1) is 34.5. The molecule has 71 heavy (non-hydrogen) atoms. The van der Waals surface area contributed by atoms with E-state index >= 15 is 0 Å². The summed E-state index contributed by atoms with van der Waals surface area (Å²) in [5, 5.41) is 12.6. The van der Waals surface area contributed by atoms with Crippen LogP contribution < -0.4 is 21.3 Å². The van der Waals surface area contributed by atoms with E-state index in [9.17, 15) is 14.4 Å². The number of hydrogen-bond donors (Lipinski definition) is 5. The van der Waals surface area contributed by atoms with Gasteiger partial charge in [0.05, 0.1) is 6.33 Å². The molecule has 0 fully saturated rings. The van der Waals surface area contributed by atoms with E-state index in [1.165, 1.54) is 198 Å². The maximum atomic E-state index is 12.5.